The van der Waals surface area contributed by atoms with Gasteiger partial charge in [-0.05, 0) is 18.6 Å². The van der Waals surface area contributed by atoms with Gasteiger partial charge in [0, 0.05) is 24.3 Å². The zero-order chi connectivity index (χ0) is 12.4. The van der Waals surface area contributed by atoms with Crippen molar-refractivity contribution in [3.63, 3.8) is 0 Å². The van der Waals surface area contributed by atoms with Crippen LogP contribution >= 0.6 is 23.1 Å². The summed E-state index contributed by atoms with van der Waals surface area (Å²) >= 11 is 6.59. The van der Waals surface area contributed by atoms with E-state index in [1.54, 1.807) is 18.3 Å². The van der Waals surface area contributed by atoms with Gasteiger partial charge in [0.2, 0.25) is 0 Å². The van der Waals surface area contributed by atoms with Gasteiger partial charge in [-0.1, -0.05) is 17.7 Å². The summed E-state index contributed by atoms with van der Waals surface area (Å²) in [5, 5.41) is 0.386. The Hall–Kier alpha value is -1.40. The number of nitrogens with zero attached hydrogens (tertiary/aromatic N) is 3. The van der Waals surface area contributed by atoms with E-state index < -0.39 is 0 Å². The fourth-order valence-electron chi connectivity index (χ4n) is 1.41. The van der Waals surface area contributed by atoms with Crippen LogP contribution in [0.15, 0.2) is 27.9 Å². The lowest BCUT2D eigenvalue weighted by Crippen LogP contribution is -2.29. The molecule has 0 N–H and O–H groups in total. The molecule has 2 aromatic rings. The topological polar surface area (TPSA) is 56.9 Å². The summed E-state index contributed by atoms with van der Waals surface area (Å²) < 4.78 is 2.62. The minimum Gasteiger partial charge on any atom is -0.255 e. The van der Waals surface area contributed by atoms with Gasteiger partial charge in [0.05, 0.1) is 6.54 Å². The average molecular weight is 272 g/mol. The van der Waals surface area contributed by atoms with Gasteiger partial charge in [-0.15, -0.1) is 0 Å². The van der Waals surface area contributed by atoms with Gasteiger partial charge in [-0.25, -0.2) is 18.3 Å². The summed E-state index contributed by atoms with van der Waals surface area (Å²) in [6.45, 7) is 2.56. The van der Waals surface area contributed by atoms with Gasteiger partial charge in [-0.3, -0.25) is 4.79 Å². The molecule has 0 unspecified atom stereocenters. The maximum atomic E-state index is 11.8. The van der Waals surface area contributed by atoms with Gasteiger partial charge in [0.25, 0.3) is 0 Å². The molecule has 0 saturated carbocycles. The van der Waals surface area contributed by atoms with Crippen LogP contribution in [0, 0.1) is 0 Å². The second kappa shape index (κ2) is 4.85. The quantitative estimate of drug-likeness (QED) is 0.788. The Bertz CT molecular complexity index is 626. The van der Waals surface area contributed by atoms with Crippen LogP contribution in [0.5, 0.6) is 0 Å². The van der Waals surface area contributed by atoms with Crippen LogP contribution in [0.1, 0.15) is 12.5 Å². The minimum absolute atomic E-state index is 0.228. The predicted octanol–water partition coefficient (Wildman–Crippen LogP) is 1.19. The Morgan fingerprint density at radius 2 is 2.18 bits per heavy atom. The van der Waals surface area contributed by atoms with E-state index in [1.165, 1.54) is 8.52 Å². The standard InChI is InChI=1S/C10H10ClN3O2S/c1-2-14-9(15)13(10(16)17-14)6-7-3-4-8(11)12-5-7/h3-5H,2,6H2,1H3. The normalized spacial score (nSPS) is 10.7. The molecule has 2 aromatic heterocycles. The molecule has 2 heterocycles. The third kappa shape index (κ3) is 2.48. The molecule has 0 spiro atoms. The lowest BCUT2D eigenvalue weighted by atomic mass is 10.3. The van der Waals surface area contributed by atoms with Gasteiger partial charge < -0.3 is 0 Å². The molecule has 17 heavy (non-hydrogen) atoms. The first-order chi connectivity index (χ1) is 8.11. The lowest BCUT2D eigenvalue weighted by molar-refractivity contribution is 0.673. The maximum Gasteiger partial charge on any atom is 0.341 e. The summed E-state index contributed by atoms with van der Waals surface area (Å²) in [7, 11) is 0. The Balaban J connectivity index is 2.36. The van der Waals surface area contributed by atoms with Crippen molar-refractivity contribution in [1.82, 2.24) is 13.5 Å². The van der Waals surface area contributed by atoms with Crippen molar-refractivity contribution in [3.8, 4) is 0 Å². The average Bonchev–Trinajstić information content (AvgIpc) is 2.59. The first kappa shape index (κ1) is 12.1. The summed E-state index contributed by atoms with van der Waals surface area (Å²) in [4.78, 5) is 27.0. The molecule has 0 bridgehead atoms. The molecular formula is C10H10ClN3O2S. The van der Waals surface area contributed by atoms with E-state index in [0.29, 0.717) is 11.7 Å². The largest absolute Gasteiger partial charge is 0.341 e. The summed E-state index contributed by atoms with van der Waals surface area (Å²) in [5.74, 6) is 0. The van der Waals surface area contributed by atoms with E-state index in [9.17, 15) is 9.59 Å². The maximum absolute atomic E-state index is 11.8. The van der Waals surface area contributed by atoms with E-state index >= 15 is 0 Å². The van der Waals surface area contributed by atoms with Gasteiger partial charge in [0.1, 0.15) is 5.15 Å². The lowest BCUT2D eigenvalue weighted by Gasteiger charge is -1.99. The van der Waals surface area contributed by atoms with Crippen LogP contribution in [0.25, 0.3) is 0 Å². The van der Waals surface area contributed by atoms with Crippen LogP contribution in [0.4, 0.5) is 0 Å². The highest BCUT2D eigenvalue weighted by Gasteiger charge is 2.09. The van der Waals surface area contributed by atoms with E-state index in [2.05, 4.69) is 4.98 Å². The minimum atomic E-state index is -0.280. The molecule has 0 aliphatic heterocycles. The summed E-state index contributed by atoms with van der Waals surface area (Å²) in [5.41, 5.74) is 0.493. The Morgan fingerprint density at radius 1 is 1.41 bits per heavy atom. The van der Waals surface area contributed by atoms with Gasteiger partial charge >= 0.3 is 10.6 Å². The fourth-order valence-corrected chi connectivity index (χ4v) is 2.26. The number of hydrogen-bond acceptors (Lipinski definition) is 4. The number of rotatable bonds is 3. The van der Waals surface area contributed by atoms with Crippen molar-refractivity contribution < 1.29 is 0 Å². The number of aryl methyl sites for hydroxylation is 1. The Morgan fingerprint density at radius 3 is 2.71 bits per heavy atom. The van der Waals surface area contributed by atoms with Crippen molar-refractivity contribution in [1.29, 1.82) is 0 Å². The van der Waals surface area contributed by atoms with Crippen molar-refractivity contribution in [2.75, 3.05) is 0 Å². The van der Waals surface area contributed by atoms with Crippen LogP contribution in [0.3, 0.4) is 0 Å². The first-order valence-corrected chi connectivity index (χ1v) is 6.18. The molecule has 7 heteroatoms. The zero-order valence-electron chi connectivity index (χ0n) is 9.09. The highest BCUT2D eigenvalue weighted by atomic mass is 35.5. The molecule has 0 aromatic carbocycles. The molecule has 0 fully saturated rings. The van der Waals surface area contributed by atoms with Crippen LogP contribution in [0.2, 0.25) is 5.15 Å². The number of aromatic nitrogens is 3. The zero-order valence-corrected chi connectivity index (χ0v) is 10.7. The van der Waals surface area contributed by atoms with Crippen molar-refractivity contribution in [2.45, 2.75) is 20.0 Å². The van der Waals surface area contributed by atoms with Gasteiger partial charge in [-0.2, -0.15) is 0 Å². The molecule has 90 valence electrons. The molecule has 5 nitrogen and oxygen atoms in total. The summed E-state index contributed by atoms with van der Waals surface area (Å²) in [6.07, 6.45) is 1.56. The van der Waals surface area contributed by atoms with Crippen LogP contribution < -0.4 is 10.6 Å². The molecule has 0 aliphatic carbocycles. The third-order valence-electron chi connectivity index (χ3n) is 2.27. The molecule has 0 radical (unpaired) electrons. The molecular weight excluding hydrogens is 262 g/mol. The van der Waals surface area contributed by atoms with E-state index in [4.69, 9.17) is 11.6 Å². The molecule has 0 amide bonds. The molecule has 0 aliphatic rings. The van der Waals surface area contributed by atoms with Crippen molar-refractivity contribution in [2.24, 2.45) is 0 Å². The number of halogens is 1. The van der Waals surface area contributed by atoms with Crippen molar-refractivity contribution in [3.05, 3.63) is 49.2 Å². The highest BCUT2D eigenvalue weighted by molar-refractivity contribution is 7.03. The van der Waals surface area contributed by atoms with E-state index in [0.717, 1.165) is 17.1 Å². The van der Waals surface area contributed by atoms with E-state index in [1.807, 2.05) is 6.92 Å². The smallest absolute Gasteiger partial charge is 0.255 e. The molecule has 2 rings (SSSR count). The summed E-state index contributed by atoms with van der Waals surface area (Å²) in [6, 6.07) is 3.38. The SMILES string of the molecule is CCn1sc(=O)n(Cc2ccc(Cl)nc2)c1=O. The Labute approximate surface area is 106 Å². The predicted molar refractivity (Wildman–Crippen MR) is 66.9 cm³/mol. The second-order valence-corrected chi connectivity index (χ2v) is 4.77. The highest BCUT2D eigenvalue weighted by Crippen LogP contribution is 2.05. The molecule has 0 atom stereocenters. The number of hydrogen-bond donors (Lipinski definition) is 0. The Kier molecular flexibility index (Phi) is 3.44. The van der Waals surface area contributed by atoms with Crippen molar-refractivity contribution >= 4 is 23.1 Å². The molecule has 0 saturated heterocycles. The van der Waals surface area contributed by atoms with E-state index in [-0.39, 0.29) is 17.1 Å². The van der Waals surface area contributed by atoms with Crippen LogP contribution in [-0.2, 0) is 13.1 Å². The third-order valence-corrected chi connectivity index (χ3v) is 3.50. The monoisotopic (exact) mass is 271 g/mol. The van der Waals surface area contributed by atoms with Gasteiger partial charge in [0.15, 0.2) is 0 Å². The van der Waals surface area contributed by atoms with Crippen LogP contribution in [-0.4, -0.2) is 13.5 Å². The number of pyridine rings is 1. The fraction of sp³-hybridized carbons (Fsp3) is 0.300. The second-order valence-electron chi connectivity index (χ2n) is 3.41. The first-order valence-electron chi connectivity index (χ1n) is 5.03.